The molecule has 110 valence electrons. The van der Waals surface area contributed by atoms with Crippen LogP contribution in [0, 0.1) is 11.7 Å². The molecule has 1 aromatic rings. The molecule has 0 saturated heterocycles. The molecule has 1 N–H and O–H groups in total. The predicted octanol–water partition coefficient (Wildman–Crippen LogP) is 3.52. The molecule has 0 spiro atoms. The van der Waals surface area contributed by atoms with Crippen LogP contribution in [0.25, 0.3) is 0 Å². The Morgan fingerprint density at radius 2 is 2.30 bits per heavy atom. The van der Waals surface area contributed by atoms with Crippen LogP contribution < -0.4 is 10.1 Å². The number of nitrogens with one attached hydrogen (secondary N) is 1. The summed E-state index contributed by atoms with van der Waals surface area (Å²) in [4.78, 5) is 12.6. The van der Waals surface area contributed by atoms with Crippen molar-refractivity contribution in [2.45, 2.75) is 30.5 Å². The first-order valence-corrected chi connectivity index (χ1v) is 7.77. The molecule has 1 aromatic carbocycles. The number of benzene rings is 1. The van der Waals surface area contributed by atoms with E-state index in [-0.39, 0.29) is 11.7 Å². The number of ether oxygens (including phenoxy) is 1. The number of hydrogen-bond donors (Lipinski definition) is 1. The zero-order valence-electron chi connectivity index (χ0n) is 11.5. The topological polar surface area (TPSA) is 38.3 Å². The number of carbonyl (C=O) groups is 1. The van der Waals surface area contributed by atoms with Gasteiger partial charge in [-0.25, -0.2) is 4.39 Å². The highest BCUT2D eigenvalue weighted by atomic mass is 79.9. The van der Waals surface area contributed by atoms with Crippen molar-refractivity contribution in [3.63, 3.8) is 0 Å². The number of amides is 1. The lowest BCUT2D eigenvalue weighted by Crippen LogP contribution is -2.32. The van der Waals surface area contributed by atoms with Crippen LogP contribution in [0.2, 0.25) is 0 Å². The van der Waals surface area contributed by atoms with Gasteiger partial charge in [-0.15, -0.1) is 0 Å². The fourth-order valence-electron chi connectivity index (χ4n) is 2.55. The van der Waals surface area contributed by atoms with Crippen molar-refractivity contribution in [2.75, 3.05) is 13.7 Å². The van der Waals surface area contributed by atoms with E-state index in [1.54, 1.807) is 0 Å². The number of hydrogen-bond acceptors (Lipinski definition) is 2. The second-order valence-electron chi connectivity index (χ2n) is 5.19. The van der Waals surface area contributed by atoms with E-state index in [0.29, 0.717) is 22.9 Å². The molecule has 1 aliphatic carbocycles. The lowest BCUT2D eigenvalue weighted by molar-refractivity contribution is 0.0943. The fraction of sp³-hybridized carbons (Fsp3) is 0.533. The van der Waals surface area contributed by atoms with Gasteiger partial charge in [0.2, 0.25) is 0 Å². The van der Waals surface area contributed by atoms with Crippen molar-refractivity contribution in [3.05, 3.63) is 29.6 Å². The van der Waals surface area contributed by atoms with E-state index in [1.807, 2.05) is 0 Å². The molecule has 1 amide bonds. The molecule has 3 nitrogen and oxygen atoms in total. The predicted molar refractivity (Wildman–Crippen MR) is 80.0 cm³/mol. The van der Waals surface area contributed by atoms with Gasteiger partial charge in [0.15, 0.2) is 11.6 Å². The highest BCUT2D eigenvalue weighted by Crippen LogP contribution is 2.28. The molecular formula is C15H19BrFNO2. The van der Waals surface area contributed by atoms with Gasteiger partial charge in [-0.1, -0.05) is 22.4 Å². The van der Waals surface area contributed by atoms with E-state index in [1.165, 1.54) is 38.2 Å². The van der Waals surface area contributed by atoms with E-state index in [4.69, 9.17) is 4.74 Å². The zero-order chi connectivity index (χ0) is 14.5. The van der Waals surface area contributed by atoms with Gasteiger partial charge in [-0.2, -0.15) is 0 Å². The molecule has 2 unspecified atom stereocenters. The maximum absolute atomic E-state index is 13.3. The number of alkyl halides is 1. The second kappa shape index (κ2) is 7.07. The average molecular weight is 344 g/mol. The molecule has 0 radical (unpaired) electrons. The summed E-state index contributed by atoms with van der Waals surface area (Å²) in [7, 11) is 1.39. The van der Waals surface area contributed by atoms with Crippen LogP contribution in [-0.4, -0.2) is 24.4 Å². The van der Waals surface area contributed by atoms with Crippen LogP contribution in [0.4, 0.5) is 4.39 Å². The Labute approximate surface area is 127 Å². The first kappa shape index (κ1) is 15.3. The number of halogens is 2. The number of methoxy groups -OCH3 is 1. The quantitative estimate of drug-likeness (QED) is 0.849. The first-order chi connectivity index (χ1) is 9.60. The zero-order valence-corrected chi connectivity index (χ0v) is 13.1. The molecule has 1 fully saturated rings. The summed E-state index contributed by atoms with van der Waals surface area (Å²) < 4.78 is 18.2. The normalized spacial score (nSPS) is 22.4. The van der Waals surface area contributed by atoms with Gasteiger partial charge < -0.3 is 10.1 Å². The van der Waals surface area contributed by atoms with Crippen LogP contribution in [0.5, 0.6) is 5.75 Å². The Balaban J connectivity index is 1.91. The van der Waals surface area contributed by atoms with Crippen molar-refractivity contribution in [1.82, 2.24) is 5.32 Å². The summed E-state index contributed by atoms with van der Waals surface area (Å²) >= 11 is 3.64. The van der Waals surface area contributed by atoms with Gasteiger partial charge in [0.1, 0.15) is 0 Å². The first-order valence-electron chi connectivity index (χ1n) is 6.86. The molecule has 0 heterocycles. The van der Waals surface area contributed by atoms with Crippen molar-refractivity contribution in [1.29, 1.82) is 0 Å². The van der Waals surface area contributed by atoms with Gasteiger partial charge in [0, 0.05) is 16.9 Å². The molecule has 5 heteroatoms. The highest BCUT2D eigenvalue weighted by molar-refractivity contribution is 9.09. The average Bonchev–Trinajstić information content (AvgIpc) is 2.45. The smallest absolute Gasteiger partial charge is 0.251 e. The SMILES string of the molecule is COc1cc(C(=O)NCC2CCCC(Br)C2)ccc1F. The number of carbonyl (C=O) groups excluding carboxylic acids is 1. The van der Waals surface area contributed by atoms with Crippen molar-refractivity contribution < 1.29 is 13.9 Å². The molecule has 0 bridgehead atoms. The minimum absolute atomic E-state index is 0.0934. The van der Waals surface area contributed by atoms with Crippen molar-refractivity contribution in [2.24, 2.45) is 5.92 Å². The minimum Gasteiger partial charge on any atom is -0.494 e. The Morgan fingerprint density at radius 3 is 3.00 bits per heavy atom. The highest BCUT2D eigenvalue weighted by Gasteiger charge is 2.20. The van der Waals surface area contributed by atoms with E-state index in [0.717, 1.165) is 12.8 Å². The Bertz CT molecular complexity index is 481. The third-order valence-electron chi connectivity index (χ3n) is 3.68. The van der Waals surface area contributed by atoms with Gasteiger partial charge >= 0.3 is 0 Å². The van der Waals surface area contributed by atoms with Crippen LogP contribution in [0.1, 0.15) is 36.0 Å². The van der Waals surface area contributed by atoms with Crippen LogP contribution in [-0.2, 0) is 0 Å². The number of rotatable bonds is 4. The lowest BCUT2D eigenvalue weighted by Gasteiger charge is -2.25. The lowest BCUT2D eigenvalue weighted by atomic mass is 9.89. The van der Waals surface area contributed by atoms with Crippen molar-refractivity contribution >= 4 is 21.8 Å². The van der Waals surface area contributed by atoms with E-state index >= 15 is 0 Å². The van der Waals surface area contributed by atoms with E-state index in [2.05, 4.69) is 21.2 Å². The Morgan fingerprint density at radius 1 is 1.50 bits per heavy atom. The van der Waals surface area contributed by atoms with Crippen LogP contribution in [0.15, 0.2) is 18.2 Å². The summed E-state index contributed by atoms with van der Waals surface area (Å²) in [5.41, 5.74) is 0.425. The molecule has 2 rings (SSSR count). The van der Waals surface area contributed by atoms with Gasteiger partial charge in [0.25, 0.3) is 5.91 Å². The Kier molecular flexibility index (Phi) is 5.40. The monoisotopic (exact) mass is 343 g/mol. The van der Waals surface area contributed by atoms with Crippen LogP contribution in [0.3, 0.4) is 0 Å². The summed E-state index contributed by atoms with van der Waals surface area (Å²) in [6.07, 6.45) is 4.64. The fourth-order valence-corrected chi connectivity index (χ4v) is 3.40. The summed E-state index contributed by atoms with van der Waals surface area (Å²) in [5.74, 6) is -0.0336. The molecule has 2 atom stereocenters. The van der Waals surface area contributed by atoms with E-state index in [9.17, 15) is 9.18 Å². The molecule has 0 aromatic heterocycles. The molecule has 1 saturated carbocycles. The third-order valence-corrected chi connectivity index (χ3v) is 4.52. The molecule has 20 heavy (non-hydrogen) atoms. The van der Waals surface area contributed by atoms with Crippen molar-refractivity contribution in [3.8, 4) is 5.75 Å². The van der Waals surface area contributed by atoms with Gasteiger partial charge in [0.05, 0.1) is 7.11 Å². The van der Waals surface area contributed by atoms with E-state index < -0.39 is 5.82 Å². The van der Waals surface area contributed by atoms with Gasteiger partial charge in [-0.3, -0.25) is 4.79 Å². The maximum Gasteiger partial charge on any atom is 0.251 e. The third kappa shape index (κ3) is 3.95. The molecule has 1 aliphatic rings. The summed E-state index contributed by atoms with van der Waals surface area (Å²) in [6.45, 7) is 0.667. The largest absolute Gasteiger partial charge is 0.494 e. The van der Waals surface area contributed by atoms with Gasteiger partial charge in [-0.05, 0) is 43.4 Å². The standard InChI is InChI=1S/C15H19BrFNO2/c1-20-14-8-11(5-6-13(14)17)15(19)18-9-10-3-2-4-12(16)7-10/h5-6,8,10,12H,2-4,7,9H2,1H3,(H,18,19). The molecular weight excluding hydrogens is 325 g/mol. The maximum atomic E-state index is 13.3. The second-order valence-corrected chi connectivity index (χ2v) is 6.48. The summed E-state index contributed by atoms with van der Waals surface area (Å²) in [6, 6.07) is 4.16. The Hall–Kier alpha value is -1.10. The van der Waals surface area contributed by atoms with Crippen LogP contribution >= 0.6 is 15.9 Å². The molecule has 0 aliphatic heterocycles. The summed E-state index contributed by atoms with van der Waals surface area (Å²) in [5, 5.41) is 2.92. The minimum atomic E-state index is -0.460.